The molecule has 1 aromatic carbocycles. The van der Waals surface area contributed by atoms with Gasteiger partial charge in [0.2, 0.25) is 0 Å². The van der Waals surface area contributed by atoms with Crippen molar-refractivity contribution in [1.29, 1.82) is 0 Å². The fourth-order valence-electron chi connectivity index (χ4n) is 2.17. The summed E-state index contributed by atoms with van der Waals surface area (Å²) in [6.07, 6.45) is 3.04. The number of rotatable bonds is 7. The minimum atomic E-state index is 0.424. The zero-order valence-electron chi connectivity index (χ0n) is 13.3. The van der Waals surface area contributed by atoms with Gasteiger partial charge in [0.25, 0.3) is 0 Å². The van der Waals surface area contributed by atoms with Crippen LogP contribution in [0.2, 0.25) is 0 Å². The van der Waals surface area contributed by atoms with Crippen molar-refractivity contribution in [3.8, 4) is 0 Å². The fourth-order valence-corrected chi connectivity index (χ4v) is 3.29. The fraction of sp³-hybridized carbons (Fsp3) is 0.471. The molecule has 1 N–H and O–H groups in total. The van der Waals surface area contributed by atoms with Crippen molar-refractivity contribution < 1.29 is 0 Å². The van der Waals surface area contributed by atoms with Gasteiger partial charge in [0.05, 0.1) is 5.69 Å². The second kappa shape index (κ2) is 7.66. The first-order valence-electron chi connectivity index (χ1n) is 7.49. The first-order chi connectivity index (χ1) is 10.1. The van der Waals surface area contributed by atoms with Crippen LogP contribution in [0.4, 0.5) is 0 Å². The highest BCUT2D eigenvalue weighted by Gasteiger charge is 2.11. The second-order valence-corrected chi connectivity index (χ2v) is 6.79. The number of likely N-dealkylation sites (N-methyl/N-ethyl adjacent to an activating group) is 1. The molecule has 1 heterocycles. The lowest BCUT2D eigenvalue weighted by Crippen LogP contribution is -2.30. The van der Waals surface area contributed by atoms with Gasteiger partial charge < -0.3 is 5.32 Å². The van der Waals surface area contributed by atoms with E-state index in [9.17, 15) is 0 Å². The molecule has 2 rings (SSSR count). The number of thioether (sulfide) groups is 1. The molecule has 1 aromatic heterocycles. The number of aryl methyl sites for hydroxylation is 1. The number of hydrogen-bond acceptors (Lipinski definition) is 3. The van der Waals surface area contributed by atoms with E-state index in [1.807, 2.05) is 23.5 Å². The number of aromatic nitrogens is 2. The minimum Gasteiger partial charge on any atom is -0.316 e. The van der Waals surface area contributed by atoms with E-state index in [4.69, 9.17) is 0 Å². The maximum atomic E-state index is 4.63. The highest BCUT2D eigenvalue weighted by molar-refractivity contribution is 7.99. The van der Waals surface area contributed by atoms with E-state index in [2.05, 4.69) is 67.7 Å². The Morgan fingerprint density at radius 1 is 1.29 bits per heavy atom. The molecule has 0 spiro atoms. The summed E-state index contributed by atoms with van der Waals surface area (Å²) in [5, 5.41) is 8.04. The normalized spacial score (nSPS) is 12.8. The number of hydrogen-bond donors (Lipinski definition) is 1. The van der Waals surface area contributed by atoms with Crippen molar-refractivity contribution >= 4 is 11.8 Å². The highest BCUT2D eigenvalue weighted by atomic mass is 32.2. The Morgan fingerprint density at radius 2 is 2.10 bits per heavy atom. The van der Waals surface area contributed by atoms with E-state index in [1.54, 1.807) is 0 Å². The van der Waals surface area contributed by atoms with Gasteiger partial charge in [-0.1, -0.05) is 17.7 Å². The van der Waals surface area contributed by atoms with Crippen LogP contribution in [-0.2, 0) is 6.42 Å². The van der Waals surface area contributed by atoms with Gasteiger partial charge in [0, 0.05) is 35.3 Å². The van der Waals surface area contributed by atoms with Crippen molar-refractivity contribution in [2.24, 2.45) is 0 Å². The summed E-state index contributed by atoms with van der Waals surface area (Å²) < 4.78 is 2.02. The van der Waals surface area contributed by atoms with Crippen LogP contribution in [0.3, 0.4) is 0 Å². The molecule has 0 aliphatic carbocycles. The van der Waals surface area contributed by atoms with Crippen LogP contribution < -0.4 is 5.32 Å². The lowest BCUT2D eigenvalue weighted by Gasteiger charge is -2.15. The molecule has 1 atom stereocenters. The van der Waals surface area contributed by atoms with Gasteiger partial charge in [-0.3, -0.25) is 4.68 Å². The quantitative estimate of drug-likeness (QED) is 0.791. The molecule has 0 aliphatic rings. The van der Waals surface area contributed by atoms with E-state index in [0.29, 0.717) is 12.1 Å². The van der Waals surface area contributed by atoms with Crippen LogP contribution in [0.5, 0.6) is 0 Å². The Labute approximate surface area is 132 Å². The topological polar surface area (TPSA) is 29.9 Å². The van der Waals surface area contributed by atoms with E-state index < -0.39 is 0 Å². The van der Waals surface area contributed by atoms with Crippen LogP contribution in [0.1, 0.15) is 31.1 Å². The number of benzene rings is 1. The van der Waals surface area contributed by atoms with Crippen LogP contribution in [-0.4, -0.2) is 28.6 Å². The molecule has 0 saturated heterocycles. The van der Waals surface area contributed by atoms with Gasteiger partial charge in [-0.25, -0.2) is 0 Å². The maximum Gasteiger partial charge on any atom is 0.0640 e. The molecule has 0 fully saturated rings. The average molecular weight is 303 g/mol. The molecule has 21 heavy (non-hydrogen) atoms. The molecule has 0 aliphatic heterocycles. The molecule has 0 saturated carbocycles. The number of nitrogens with zero attached hydrogens (tertiary/aromatic N) is 2. The summed E-state index contributed by atoms with van der Waals surface area (Å²) in [5.41, 5.74) is 2.48. The molecule has 1 unspecified atom stereocenters. The lowest BCUT2D eigenvalue weighted by molar-refractivity contribution is 0.518. The predicted molar refractivity (Wildman–Crippen MR) is 91.1 cm³/mol. The van der Waals surface area contributed by atoms with Crippen molar-refractivity contribution in [1.82, 2.24) is 15.1 Å². The third-order valence-corrected chi connectivity index (χ3v) is 4.65. The van der Waals surface area contributed by atoms with Crippen LogP contribution in [0, 0.1) is 6.92 Å². The number of nitrogens with one attached hydrogen (secondary N) is 1. The van der Waals surface area contributed by atoms with Gasteiger partial charge in [-0.15, -0.1) is 11.8 Å². The third-order valence-electron chi connectivity index (χ3n) is 3.50. The standard InChI is InChI=1S/C17H25N3S/c1-13(2)20-9-8-15(19-20)11-16(18-4)12-21-17-7-5-6-14(3)10-17/h5-10,13,16,18H,11-12H2,1-4H3. The van der Waals surface area contributed by atoms with E-state index >= 15 is 0 Å². The van der Waals surface area contributed by atoms with E-state index in [-0.39, 0.29) is 0 Å². The summed E-state index contributed by atoms with van der Waals surface area (Å²) in [5.74, 6) is 1.05. The first kappa shape index (κ1) is 16.1. The zero-order valence-corrected chi connectivity index (χ0v) is 14.2. The summed E-state index contributed by atoms with van der Waals surface area (Å²) in [7, 11) is 2.03. The van der Waals surface area contributed by atoms with Crippen molar-refractivity contribution in [2.75, 3.05) is 12.8 Å². The molecule has 3 nitrogen and oxygen atoms in total. The van der Waals surface area contributed by atoms with Crippen molar-refractivity contribution in [2.45, 2.75) is 44.2 Å². The molecular weight excluding hydrogens is 278 g/mol. The molecule has 0 amide bonds. The zero-order chi connectivity index (χ0) is 15.2. The van der Waals surface area contributed by atoms with Gasteiger partial charge in [0.1, 0.15) is 0 Å². The Bertz CT molecular complexity index is 563. The molecule has 4 heteroatoms. The third kappa shape index (κ3) is 4.90. The summed E-state index contributed by atoms with van der Waals surface area (Å²) in [4.78, 5) is 1.34. The smallest absolute Gasteiger partial charge is 0.0640 e. The summed E-state index contributed by atoms with van der Waals surface area (Å²) in [6.45, 7) is 6.44. The first-order valence-corrected chi connectivity index (χ1v) is 8.48. The van der Waals surface area contributed by atoms with Gasteiger partial charge in [-0.05, 0) is 46.0 Å². The average Bonchev–Trinajstić information content (AvgIpc) is 2.92. The SMILES string of the molecule is CNC(CSc1cccc(C)c1)Cc1ccn(C(C)C)n1. The van der Waals surface area contributed by atoms with E-state index in [0.717, 1.165) is 17.9 Å². The highest BCUT2D eigenvalue weighted by Crippen LogP contribution is 2.20. The largest absolute Gasteiger partial charge is 0.316 e. The van der Waals surface area contributed by atoms with Crippen molar-refractivity contribution in [3.63, 3.8) is 0 Å². The Morgan fingerprint density at radius 3 is 2.71 bits per heavy atom. The minimum absolute atomic E-state index is 0.424. The lowest BCUT2D eigenvalue weighted by atomic mass is 10.2. The van der Waals surface area contributed by atoms with Gasteiger partial charge in [0.15, 0.2) is 0 Å². The van der Waals surface area contributed by atoms with Crippen molar-refractivity contribution in [3.05, 3.63) is 47.8 Å². The molecule has 114 valence electrons. The van der Waals surface area contributed by atoms with Crippen LogP contribution in [0.25, 0.3) is 0 Å². The molecular formula is C17H25N3S. The Hall–Kier alpha value is -1.26. The predicted octanol–water partition coefficient (Wildman–Crippen LogP) is 3.70. The monoisotopic (exact) mass is 303 g/mol. The van der Waals surface area contributed by atoms with Crippen LogP contribution >= 0.6 is 11.8 Å². The van der Waals surface area contributed by atoms with Gasteiger partial charge >= 0.3 is 0 Å². The molecule has 0 bridgehead atoms. The van der Waals surface area contributed by atoms with Gasteiger partial charge in [-0.2, -0.15) is 5.10 Å². The molecule has 0 radical (unpaired) electrons. The summed E-state index contributed by atoms with van der Waals surface area (Å²) in [6, 6.07) is 11.7. The Balaban J connectivity index is 1.90. The summed E-state index contributed by atoms with van der Waals surface area (Å²) >= 11 is 1.90. The molecule has 2 aromatic rings. The van der Waals surface area contributed by atoms with E-state index in [1.165, 1.54) is 10.5 Å². The maximum absolute atomic E-state index is 4.63. The second-order valence-electron chi connectivity index (χ2n) is 5.70. The van der Waals surface area contributed by atoms with Crippen LogP contribution in [0.15, 0.2) is 41.4 Å². The Kier molecular flexibility index (Phi) is 5.88.